The Balaban J connectivity index is 2.79. The van der Waals surface area contributed by atoms with Crippen LogP contribution in [0, 0.1) is 6.20 Å². The number of H-pyrrole nitrogens is 1. The topological polar surface area (TPSA) is 28.7 Å². The zero-order valence-corrected chi connectivity index (χ0v) is 4.76. The third-order valence-corrected chi connectivity index (χ3v) is 1.27. The predicted octanol–water partition coefficient (Wildman–Crippen LogP) is 1.31. The first-order valence-electron chi connectivity index (χ1n) is 2.77. The molecule has 0 spiro atoms. The fourth-order valence-electron chi connectivity index (χ4n) is 0.842. The smallest absolute Gasteiger partial charge is 0.107 e. The summed E-state index contributed by atoms with van der Waals surface area (Å²) in [7, 11) is 0. The van der Waals surface area contributed by atoms with E-state index in [1.54, 1.807) is 6.20 Å². The first-order valence-corrected chi connectivity index (χ1v) is 2.77. The summed E-state index contributed by atoms with van der Waals surface area (Å²) in [5.74, 6) is 0. The van der Waals surface area contributed by atoms with Gasteiger partial charge in [0.25, 0.3) is 0 Å². The van der Waals surface area contributed by atoms with Gasteiger partial charge in [0.2, 0.25) is 0 Å². The van der Waals surface area contributed by atoms with Gasteiger partial charge in [-0.1, -0.05) is 6.07 Å². The van der Waals surface area contributed by atoms with E-state index < -0.39 is 0 Å². The average molecular weight is 117 g/mol. The van der Waals surface area contributed by atoms with Gasteiger partial charge in [-0.15, -0.1) is 0 Å². The first-order chi connectivity index (χ1) is 4.47. The van der Waals surface area contributed by atoms with Crippen LogP contribution in [0.5, 0.6) is 0 Å². The summed E-state index contributed by atoms with van der Waals surface area (Å²) in [5.41, 5.74) is 2.03. The quantitative estimate of drug-likeness (QED) is 0.553. The number of nitrogens with zero attached hydrogens (tertiary/aromatic N) is 1. The standard InChI is InChI=1S/C7H5N2/c1-2-6-7(3-1)9-5-4-8-6/h1-4,8H. The van der Waals surface area contributed by atoms with Crippen LogP contribution < -0.4 is 0 Å². The van der Waals surface area contributed by atoms with Gasteiger partial charge in [0.15, 0.2) is 0 Å². The number of nitrogens with one attached hydrogen (secondary N) is 1. The van der Waals surface area contributed by atoms with E-state index in [0.29, 0.717) is 0 Å². The van der Waals surface area contributed by atoms with Crippen molar-refractivity contribution in [3.8, 4) is 11.4 Å². The lowest BCUT2D eigenvalue weighted by Crippen LogP contribution is -1.81. The molecule has 9 heavy (non-hydrogen) atoms. The Kier molecular flexibility index (Phi) is 0.803. The molecule has 43 valence electrons. The third-order valence-electron chi connectivity index (χ3n) is 1.27. The molecule has 2 heteroatoms. The fraction of sp³-hybridized carbons (Fsp3) is 0. The molecule has 1 N–H and O–H groups in total. The van der Waals surface area contributed by atoms with Gasteiger partial charge in [0.1, 0.15) is 6.20 Å². The summed E-state index contributed by atoms with van der Waals surface area (Å²) < 4.78 is 0. The van der Waals surface area contributed by atoms with Crippen LogP contribution in [0.3, 0.4) is 0 Å². The van der Waals surface area contributed by atoms with Crippen LogP contribution in [0.15, 0.2) is 24.4 Å². The number of aromatic amines is 1. The Morgan fingerprint density at radius 1 is 1.44 bits per heavy atom. The molecule has 1 heterocycles. The summed E-state index contributed by atoms with van der Waals surface area (Å²) >= 11 is 0. The van der Waals surface area contributed by atoms with Crippen molar-refractivity contribution in [3.05, 3.63) is 30.6 Å². The second-order valence-electron chi connectivity index (χ2n) is 1.85. The highest BCUT2D eigenvalue weighted by molar-refractivity contribution is 5.56. The molecule has 1 aliphatic heterocycles. The van der Waals surface area contributed by atoms with Gasteiger partial charge in [-0.25, -0.2) is 4.98 Å². The second kappa shape index (κ2) is 1.58. The Labute approximate surface area is 52.9 Å². The number of fused-ring (bicyclic) bond motifs is 1. The van der Waals surface area contributed by atoms with Gasteiger partial charge in [-0.05, 0) is 12.1 Å². The van der Waals surface area contributed by atoms with Crippen molar-refractivity contribution < 1.29 is 0 Å². The molecule has 2 nitrogen and oxygen atoms in total. The molecule has 0 aromatic heterocycles. The Morgan fingerprint density at radius 3 is 3.33 bits per heavy atom. The van der Waals surface area contributed by atoms with Gasteiger partial charge in [-0.3, -0.25) is 0 Å². The molecule has 2 aliphatic rings. The molecule has 2 rings (SSSR count). The largest absolute Gasteiger partial charge is 0.358 e. The van der Waals surface area contributed by atoms with Crippen LogP contribution in [0.4, 0.5) is 0 Å². The normalized spacial score (nSPS) is 10.2. The van der Waals surface area contributed by atoms with E-state index in [2.05, 4.69) is 16.2 Å². The van der Waals surface area contributed by atoms with Crippen LogP contribution in [0.2, 0.25) is 0 Å². The van der Waals surface area contributed by atoms with E-state index in [4.69, 9.17) is 0 Å². The maximum atomic E-state index is 3.98. The van der Waals surface area contributed by atoms with Crippen LogP contribution in [0.1, 0.15) is 0 Å². The van der Waals surface area contributed by atoms with Crippen LogP contribution in [-0.2, 0) is 0 Å². The van der Waals surface area contributed by atoms with Crippen molar-refractivity contribution in [1.82, 2.24) is 9.97 Å². The molecule has 0 atom stereocenters. The molecule has 0 saturated carbocycles. The molecule has 0 aromatic rings. The van der Waals surface area contributed by atoms with Gasteiger partial charge in [0.05, 0.1) is 11.4 Å². The molecule has 0 aromatic carbocycles. The Morgan fingerprint density at radius 2 is 2.44 bits per heavy atom. The first kappa shape index (κ1) is 4.56. The molecule has 1 aliphatic carbocycles. The lowest BCUT2D eigenvalue weighted by Gasteiger charge is -1.92. The molecule has 0 amide bonds. The third kappa shape index (κ3) is 0.598. The Bertz CT molecular complexity index is 247. The van der Waals surface area contributed by atoms with E-state index in [1.807, 2.05) is 18.2 Å². The van der Waals surface area contributed by atoms with E-state index >= 15 is 0 Å². The molecular weight excluding hydrogens is 112 g/mol. The van der Waals surface area contributed by atoms with Gasteiger partial charge in [0, 0.05) is 6.20 Å². The predicted molar refractivity (Wildman–Crippen MR) is 34.0 cm³/mol. The van der Waals surface area contributed by atoms with Gasteiger partial charge >= 0.3 is 0 Å². The minimum atomic E-state index is 0.970. The summed E-state index contributed by atoms with van der Waals surface area (Å²) in [6, 6.07) is 5.89. The van der Waals surface area contributed by atoms with Crippen LogP contribution in [0.25, 0.3) is 11.4 Å². The molecule has 1 radical (unpaired) electrons. The van der Waals surface area contributed by atoms with E-state index in [0.717, 1.165) is 11.4 Å². The van der Waals surface area contributed by atoms with Crippen molar-refractivity contribution in [2.75, 3.05) is 0 Å². The summed E-state index contributed by atoms with van der Waals surface area (Å²) in [6.07, 6.45) is 4.41. The lowest BCUT2D eigenvalue weighted by atomic mass is 10.4. The highest BCUT2D eigenvalue weighted by Gasteiger charge is 1.98. The van der Waals surface area contributed by atoms with Crippen LogP contribution in [-0.4, -0.2) is 9.97 Å². The lowest BCUT2D eigenvalue weighted by molar-refractivity contribution is 1.20. The Hall–Kier alpha value is -1.31. The number of hydrogen-bond donors (Lipinski definition) is 1. The molecule has 0 saturated heterocycles. The number of aromatic nitrogens is 2. The minimum Gasteiger partial charge on any atom is -0.358 e. The highest BCUT2D eigenvalue weighted by atomic mass is 14.8. The molecule has 0 fully saturated rings. The maximum absolute atomic E-state index is 3.98. The SMILES string of the molecule is [c]1c[nH]c2cccc-2n1. The average Bonchev–Trinajstić information content (AvgIpc) is 2.33. The number of hydrogen-bond acceptors (Lipinski definition) is 1. The second-order valence-corrected chi connectivity index (χ2v) is 1.85. The maximum Gasteiger partial charge on any atom is 0.107 e. The van der Waals surface area contributed by atoms with Gasteiger partial charge in [-0.2, -0.15) is 0 Å². The van der Waals surface area contributed by atoms with Crippen molar-refractivity contribution in [1.29, 1.82) is 0 Å². The van der Waals surface area contributed by atoms with E-state index in [9.17, 15) is 0 Å². The van der Waals surface area contributed by atoms with Crippen LogP contribution >= 0.6 is 0 Å². The van der Waals surface area contributed by atoms with E-state index in [1.165, 1.54) is 0 Å². The van der Waals surface area contributed by atoms with Crippen molar-refractivity contribution >= 4 is 0 Å². The highest BCUT2D eigenvalue weighted by Crippen LogP contribution is 2.14. The van der Waals surface area contributed by atoms with Crippen molar-refractivity contribution in [2.24, 2.45) is 0 Å². The summed E-state index contributed by atoms with van der Waals surface area (Å²) in [6.45, 7) is 0. The van der Waals surface area contributed by atoms with Gasteiger partial charge < -0.3 is 4.98 Å². The minimum absolute atomic E-state index is 0.970. The summed E-state index contributed by atoms with van der Waals surface area (Å²) in [4.78, 5) is 7.00. The number of rotatable bonds is 0. The fourth-order valence-corrected chi connectivity index (χ4v) is 0.842. The zero-order chi connectivity index (χ0) is 6.10. The summed E-state index contributed by atoms with van der Waals surface area (Å²) in [5, 5.41) is 0. The van der Waals surface area contributed by atoms with E-state index in [-0.39, 0.29) is 0 Å². The van der Waals surface area contributed by atoms with Crippen molar-refractivity contribution in [3.63, 3.8) is 0 Å². The molecular formula is C7H5N2. The molecule has 0 bridgehead atoms. The zero-order valence-electron chi connectivity index (χ0n) is 4.76. The monoisotopic (exact) mass is 117 g/mol. The molecule has 0 unspecified atom stereocenters. The van der Waals surface area contributed by atoms with Crippen molar-refractivity contribution in [2.45, 2.75) is 0 Å².